The molecule has 14 nitrogen and oxygen atoms in total. The number of cyclic esters (lactones) is 1. The number of carbonyl (C=O) groups excluding carboxylic acids is 2. The lowest BCUT2D eigenvalue weighted by Crippen LogP contribution is -2.58. The maximum absolute atomic E-state index is 14.0. The number of methoxy groups -OCH3 is 1. The van der Waals surface area contributed by atoms with Crippen LogP contribution in [0.25, 0.3) is 0 Å². The zero-order valence-electron chi connectivity index (χ0n) is 30.2. The van der Waals surface area contributed by atoms with E-state index in [4.69, 9.17) is 26.9 Å². The zero-order valence-corrected chi connectivity index (χ0v) is 30.2. The molecule has 1 aromatic heterocycles. The number of ether oxygens (including phenoxy) is 4. The van der Waals surface area contributed by atoms with Crippen molar-refractivity contribution in [2.75, 3.05) is 20.7 Å². The van der Waals surface area contributed by atoms with Crippen molar-refractivity contribution >= 4 is 25.4 Å². The number of aromatic nitrogens is 3. The summed E-state index contributed by atoms with van der Waals surface area (Å²) in [7, 11) is 9.20. The first kappa shape index (κ1) is 40.0. The second-order valence-electron chi connectivity index (χ2n) is 14.3. The van der Waals surface area contributed by atoms with E-state index in [1.165, 1.54) is 25.6 Å². The molecule has 3 heterocycles. The molecule has 0 spiro atoms. The molecule has 0 aromatic carbocycles. The van der Waals surface area contributed by atoms with Crippen molar-refractivity contribution in [1.29, 1.82) is 0 Å². The van der Waals surface area contributed by atoms with Crippen LogP contribution in [0.5, 0.6) is 0 Å². The van der Waals surface area contributed by atoms with Crippen LogP contribution in [0.4, 0.5) is 0 Å². The minimum atomic E-state index is -1.91. The number of hydrogen-bond acceptors (Lipinski definition) is 13. The summed E-state index contributed by atoms with van der Waals surface area (Å²) >= 11 is 0. The van der Waals surface area contributed by atoms with Crippen LogP contribution in [0.3, 0.4) is 0 Å². The lowest BCUT2D eigenvalue weighted by molar-refractivity contribution is -0.262. The molecule has 12 atom stereocenters. The molecule has 2 aliphatic rings. The minimum Gasteiger partial charge on any atom is -0.459 e. The first-order chi connectivity index (χ1) is 22.4. The zero-order chi connectivity index (χ0) is 36.1. The van der Waals surface area contributed by atoms with Gasteiger partial charge in [-0.15, -0.1) is 5.10 Å². The van der Waals surface area contributed by atoms with Crippen LogP contribution in [0, 0.1) is 23.7 Å². The third-order valence-corrected chi connectivity index (χ3v) is 10.6. The number of nitrogens with zero attached hydrogens (tertiary/aromatic N) is 5. The Kier molecular flexibility index (Phi) is 13.8. The Hall–Kier alpha value is -2.43. The van der Waals surface area contributed by atoms with E-state index < -0.39 is 71.2 Å². The molecule has 48 heavy (non-hydrogen) atoms. The van der Waals surface area contributed by atoms with E-state index in [0.717, 1.165) is 12.1 Å². The van der Waals surface area contributed by atoms with Gasteiger partial charge in [-0.25, -0.2) is 0 Å². The molecular weight excluding hydrogens is 621 g/mol. The topological polar surface area (TPSA) is 178 Å². The second kappa shape index (κ2) is 16.5. The maximum Gasteiger partial charge on any atom is 0.316 e. The molecule has 3 rings (SSSR count). The quantitative estimate of drug-likeness (QED) is 0.120. The number of likely N-dealkylation sites (N-methyl/N-ethyl adjacent to an activating group) is 1. The van der Waals surface area contributed by atoms with Crippen LogP contribution in [0.2, 0.25) is 0 Å². The first-order valence-corrected chi connectivity index (χ1v) is 17.0. The van der Waals surface area contributed by atoms with Gasteiger partial charge >= 0.3 is 5.97 Å². The highest BCUT2D eigenvalue weighted by Gasteiger charge is 2.50. The van der Waals surface area contributed by atoms with Crippen molar-refractivity contribution in [2.45, 2.75) is 135 Å². The fraction of sp³-hybridized carbons (Fsp3) is 0.848. The van der Waals surface area contributed by atoms with Crippen LogP contribution >= 0.6 is 0 Å². The third kappa shape index (κ3) is 9.02. The smallest absolute Gasteiger partial charge is 0.316 e. The summed E-state index contributed by atoms with van der Waals surface area (Å²) in [4.78, 5) is 29.6. The molecule has 1 aromatic rings. The van der Waals surface area contributed by atoms with Crippen molar-refractivity contribution < 1.29 is 44.0 Å². The summed E-state index contributed by atoms with van der Waals surface area (Å²) < 4.78 is 26.0. The van der Waals surface area contributed by atoms with Gasteiger partial charge in [0.15, 0.2) is 12.1 Å². The Morgan fingerprint density at radius 3 is 2.40 bits per heavy atom. The molecule has 0 unspecified atom stereocenters. The van der Waals surface area contributed by atoms with Crippen molar-refractivity contribution in [3.05, 3.63) is 11.9 Å². The average molecular weight is 678 g/mol. The van der Waals surface area contributed by atoms with Gasteiger partial charge in [-0.1, -0.05) is 38.1 Å². The van der Waals surface area contributed by atoms with Crippen molar-refractivity contribution in [3.8, 4) is 0 Å². The van der Waals surface area contributed by atoms with Crippen molar-refractivity contribution in [1.82, 2.24) is 19.8 Å². The number of Topliss-reactive ketones (excluding diaryl/α,β-unsaturated/α-hetero) is 1. The van der Waals surface area contributed by atoms with Gasteiger partial charge in [0, 0.05) is 56.5 Å². The van der Waals surface area contributed by atoms with E-state index in [-0.39, 0.29) is 30.7 Å². The standard InChI is InChI=1S/C33H56BN5O9/c1-11-25-33(8,43)29(41)20(4)27(36-44)18(2)16-32(7,45-10)30(21(5)28(40)22(6)31(42)47-25)48-26-15-24(14-19(3)46-26)38(9)13-12-23-17-39(34)37-35-23/h17-22,24-26,29-30,41,43-44H,11-16H2,1-10H3/b36-27+/t18-,19-,20+,21+,22-,24+,25-,26+,29-,30-,32-,33-/m1/s1. The molecule has 270 valence electrons. The molecule has 0 amide bonds. The van der Waals surface area contributed by atoms with Crippen molar-refractivity contribution in [2.24, 2.45) is 28.8 Å². The molecule has 2 radical (unpaired) electrons. The highest BCUT2D eigenvalue weighted by molar-refractivity contribution is 6.05. The van der Waals surface area contributed by atoms with Gasteiger partial charge in [-0.3, -0.25) is 9.59 Å². The summed E-state index contributed by atoms with van der Waals surface area (Å²) in [5, 5.41) is 44.4. The van der Waals surface area contributed by atoms with Crippen LogP contribution in [0.15, 0.2) is 11.4 Å². The Bertz CT molecular complexity index is 1260. The Morgan fingerprint density at radius 1 is 1.17 bits per heavy atom. The van der Waals surface area contributed by atoms with Crippen LogP contribution in [-0.2, 0) is 35.0 Å². The largest absolute Gasteiger partial charge is 0.459 e. The predicted molar refractivity (Wildman–Crippen MR) is 177 cm³/mol. The molecule has 2 aliphatic heterocycles. The number of ketones is 1. The van der Waals surface area contributed by atoms with E-state index in [0.29, 0.717) is 19.4 Å². The number of carbonyl (C=O) groups is 2. The van der Waals surface area contributed by atoms with Gasteiger partial charge in [0.25, 0.3) is 7.98 Å². The van der Waals surface area contributed by atoms with Crippen molar-refractivity contribution in [3.63, 3.8) is 0 Å². The Morgan fingerprint density at radius 2 is 1.83 bits per heavy atom. The van der Waals surface area contributed by atoms with E-state index in [9.17, 15) is 25.0 Å². The van der Waals surface area contributed by atoms with Gasteiger partial charge in [0.1, 0.15) is 17.6 Å². The normalized spacial score (nSPS) is 40.1. The van der Waals surface area contributed by atoms with Crippen LogP contribution in [-0.4, -0.2) is 129 Å². The third-order valence-electron chi connectivity index (χ3n) is 10.6. The van der Waals surface area contributed by atoms with Gasteiger partial charge in [-0.05, 0) is 54.0 Å². The fourth-order valence-electron chi connectivity index (χ4n) is 7.42. The Labute approximate surface area is 285 Å². The molecule has 2 saturated heterocycles. The number of hydrogen-bond donors (Lipinski definition) is 3. The van der Waals surface area contributed by atoms with Gasteiger partial charge in [-0.2, -0.15) is 0 Å². The van der Waals surface area contributed by atoms with Gasteiger partial charge in [0.05, 0.1) is 35.3 Å². The minimum absolute atomic E-state index is 0.0899. The number of aliphatic hydroxyl groups excluding tert-OH is 1. The molecule has 15 heteroatoms. The molecule has 3 N–H and O–H groups in total. The Balaban J connectivity index is 1.97. The summed E-state index contributed by atoms with van der Waals surface area (Å²) in [6, 6.07) is 0.0899. The highest BCUT2D eigenvalue weighted by Crippen LogP contribution is 2.38. The molecular formula is C33H56BN5O9. The summed E-state index contributed by atoms with van der Waals surface area (Å²) in [5.74, 6) is -4.63. The first-order valence-electron chi connectivity index (χ1n) is 17.0. The van der Waals surface area contributed by atoms with Gasteiger partial charge in [0.2, 0.25) is 0 Å². The summed E-state index contributed by atoms with van der Waals surface area (Å²) in [6.45, 7) is 14.2. The molecule has 0 bridgehead atoms. The molecule has 0 saturated carbocycles. The molecule has 0 aliphatic carbocycles. The number of rotatable bonds is 8. The number of esters is 1. The van der Waals surface area contributed by atoms with E-state index in [1.807, 2.05) is 27.8 Å². The predicted octanol–water partition coefficient (Wildman–Crippen LogP) is 2.15. The van der Waals surface area contributed by atoms with Crippen LogP contribution in [0.1, 0.15) is 86.8 Å². The average Bonchev–Trinajstić information content (AvgIpc) is 3.47. The highest BCUT2D eigenvalue weighted by atomic mass is 16.7. The lowest BCUT2D eigenvalue weighted by atomic mass is 9.74. The number of aliphatic hydroxyl groups is 2. The lowest BCUT2D eigenvalue weighted by Gasteiger charge is -2.46. The van der Waals surface area contributed by atoms with E-state index in [1.54, 1.807) is 27.0 Å². The van der Waals surface area contributed by atoms with Gasteiger partial charge < -0.3 is 43.9 Å². The molecule has 2 fully saturated rings. The second-order valence-corrected chi connectivity index (χ2v) is 14.3. The number of oxime groups is 1. The monoisotopic (exact) mass is 677 g/mol. The van der Waals surface area contributed by atoms with Crippen LogP contribution < -0.4 is 0 Å². The summed E-state index contributed by atoms with van der Waals surface area (Å²) in [5.41, 5.74) is -2.06. The van der Waals surface area contributed by atoms with E-state index in [2.05, 4.69) is 20.4 Å². The SMILES string of the molecule is [B]n1cc(CCN(C)[C@@H]2C[C@H](O[C@@H]3[C@@H](C)C(=O)[C@@H](C)C(=O)O[C@H](CC)[C@@](C)(O)[C@H](O)[C@@H](C)/C(=N/O)[C@H](C)C[C@@]3(C)OC)O[C@H](C)C2)nn1. The summed E-state index contributed by atoms with van der Waals surface area (Å²) in [6.07, 6.45) is -0.354. The maximum atomic E-state index is 14.0. The fourth-order valence-corrected chi connectivity index (χ4v) is 7.42. The van der Waals surface area contributed by atoms with E-state index >= 15 is 0 Å².